The summed E-state index contributed by atoms with van der Waals surface area (Å²) in [6, 6.07) is 5.58. The van der Waals surface area contributed by atoms with Gasteiger partial charge in [-0.15, -0.1) is 0 Å². The van der Waals surface area contributed by atoms with Crippen LogP contribution in [0.3, 0.4) is 0 Å². The molecular formula is C19H21N7O4. The number of nitro benzene ring substituents is 1. The summed E-state index contributed by atoms with van der Waals surface area (Å²) >= 11 is 0. The normalized spacial score (nSPS) is 18.3. The average Bonchev–Trinajstić information content (AvgIpc) is 2.73. The minimum absolute atomic E-state index is 0.121. The van der Waals surface area contributed by atoms with Gasteiger partial charge in [-0.1, -0.05) is 6.07 Å². The molecule has 4 N–H and O–H groups in total. The number of nitrogen functional groups attached to an aromatic ring is 1. The fraction of sp³-hybridized carbons (Fsp3) is 0.368. The van der Waals surface area contributed by atoms with E-state index >= 15 is 0 Å². The summed E-state index contributed by atoms with van der Waals surface area (Å²) in [5.74, 6) is -0.954. The first-order chi connectivity index (χ1) is 14.4. The second-order valence-electron chi connectivity index (χ2n) is 7.32. The molecule has 2 aliphatic rings. The molecule has 0 saturated carbocycles. The lowest BCUT2D eigenvalue weighted by molar-refractivity contribution is -0.384. The van der Waals surface area contributed by atoms with E-state index in [1.807, 2.05) is 4.90 Å². The third-order valence-electron chi connectivity index (χ3n) is 5.24. The Kier molecular flexibility index (Phi) is 5.17. The lowest BCUT2D eigenvalue weighted by Gasteiger charge is -2.30. The maximum absolute atomic E-state index is 12.9. The van der Waals surface area contributed by atoms with Gasteiger partial charge in [0, 0.05) is 37.3 Å². The van der Waals surface area contributed by atoms with E-state index in [-0.39, 0.29) is 35.3 Å². The van der Waals surface area contributed by atoms with Crippen LogP contribution in [-0.4, -0.2) is 39.8 Å². The van der Waals surface area contributed by atoms with Crippen molar-refractivity contribution in [3.05, 3.63) is 39.9 Å². The van der Waals surface area contributed by atoms with Crippen molar-refractivity contribution in [2.45, 2.75) is 31.6 Å². The highest BCUT2D eigenvalue weighted by molar-refractivity contribution is 6.05. The Labute approximate surface area is 171 Å². The fourth-order valence-electron chi connectivity index (χ4n) is 3.77. The van der Waals surface area contributed by atoms with Crippen LogP contribution in [-0.2, 0) is 9.59 Å². The third kappa shape index (κ3) is 3.86. The second-order valence-corrected chi connectivity index (χ2v) is 7.32. The van der Waals surface area contributed by atoms with Gasteiger partial charge in [-0.25, -0.2) is 0 Å². The molecule has 0 bridgehead atoms. The van der Waals surface area contributed by atoms with Gasteiger partial charge in [-0.2, -0.15) is 9.97 Å². The van der Waals surface area contributed by atoms with Crippen molar-refractivity contribution in [3.8, 4) is 0 Å². The monoisotopic (exact) mass is 411 g/mol. The van der Waals surface area contributed by atoms with Crippen LogP contribution in [0.4, 0.5) is 29.0 Å². The van der Waals surface area contributed by atoms with Crippen molar-refractivity contribution < 1.29 is 14.5 Å². The van der Waals surface area contributed by atoms with Crippen molar-refractivity contribution in [2.24, 2.45) is 0 Å². The van der Waals surface area contributed by atoms with Gasteiger partial charge in [0.1, 0.15) is 11.6 Å². The molecule has 2 amide bonds. The zero-order valence-electron chi connectivity index (χ0n) is 16.1. The van der Waals surface area contributed by atoms with Crippen LogP contribution < -0.4 is 21.3 Å². The van der Waals surface area contributed by atoms with E-state index in [1.54, 1.807) is 0 Å². The Balaban J connectivity index is 1.62. The number of hydrogen-bond donors (Lipinski definition) is 3. The highest BCUT2D eigenvalue weighted by Crippen LogP contribution is 2.37. The molecule has 11 heteroatoms. The van der Waals surface area contributed by atoms with Crippen molar-refractivity contribution in [1.29, 1.82) is 0 Å². The molecular weight excluding hydrogens is 390 g/mol. The number of fused-ring (bicyclic) bond motifs is 1. The number of anilines is 4. The number of hydrogen-bond acceptors (Lipinski definition) is 8. The van der Waals surface area contributed by atoms with Gasteiger partial charge >= 0.3 is 0 Å². The number of nitro groups is 1. The van der Waals surface area contributed by atoms with Crippen LogP contribution in [0.15, 0.2) is 24.3 Å². The van der Waals surface area contributed by atoms with Crippen molar-refractivity contribution in [2.75, 3.05) is 34.4 Å². The van der Waals surface area contributed by atoms with Crippen molar-refractivity contribution in [1.82, 2.24) is 9.97 Å². The van der Waals surface area contributed by atoms with Gasteiger partial charge < -0.3 is 21.3 Å². The number of benzene rings is 1. The molecule has 0 aliphatic carbocycles. The molecule has 0 spiro atoms. The van der Waals surface area contributed by atoms with E-state index in [0.717, 1.165) is 32.4 Å². The highest BCUT2D eigenvalue weighted by atomic mass is 16.6. The maximum Gasteiger partial charge on any atom is 0.271 e. The molecule has 1 atom stereocenters. The molecule has 1 aromatic heterocycles. The molecule has 4 rings (SSSR count). The molecule has 2 aliphatic heterocycles. The van der Waals surface area contributed by atoms with Crippen LogP contribution in [0.1, 0.15) is 37.2 Å². The molecule has 1 fully saturated rings. The van der Waals surface area contributed by atoms with Crippen LogP contribution in [0, 0.1) is 10.1 Å². The summed E-state index contributed by atoms with van der Waals surface area (Å²) in [5.41, 5.74) is 6.65. The van der Waals surface area contributed by atoms with Crippen LogP contribution in [0.25, 0.3) is 0 Å². The first-order valence-electron chi connectivity index (χ1n) is 9.70. The lowest BCUT2D eigenvalue weighted by atomic mass is 9.92. The zero-order chi connectivity index (χ0) is 21.3. The van der Waals surface area contributed by atoms with E-state index < -0.39 is 16.7 Å². The van der Waals surface area contributed by atoms with E-state index in [2.05, 4.69) is 20.6 Å². The Morgan fingerprint density at radius 2 is 2.03 bits per heavy atom. The summed E-state index contributed by atoms with van der Waals surface area (Å²) < 4.78 is 0. The smallest absolute Gasteiger partial charge is 0.271 e. The van der Waals surface area contributed by atoms with Crippen LogP contribution in [0.5, 0.6) is 0 Å². The van der Waals surface area contributed by atoms with E-state index in [4.69, 9.17) is 5.73 Å². The Morgan fingerprint density at radius 1 is 1.27 bits per heavy atom. The van der Waals surface area contributed by atoms with E-state index in [1.165, 1.54) is 24.3 Å². The number of carbonyl (C=O) groups excluding carboxylic acids is 2. The van der Waals surface area contributed by atoms with Gasteiger partial charge in [0.15, 0.2) is 0 Å². The minimum Gasteiger partial charge on any atom is -0.383 e. The predicted molar refractivity (Wildman–Crippen MR) is 110 cm³/mol. The molecule has 3 heterocycles. The van der Waals surface area contributed by atoms with Gasteiger partial charge in [0.05, 0.1) is 16.4 Å². The molecule has 156 valence electrons. The molecule has 30 heavy (non-hydrogen) atoms. The number of rotatable bonds is 4. The molecule has 2 aromatic rings. The van der Waals surface area contributed by atoms with E-state index in [0.29, 0.717) is 11.5 Å². The van der Waals surface area contributed by atoms with Crippen molar-refractivity contribution >= 4 is 40.8 Å². The summed E-state index contributed by atoms with van der Waals surface area (Å²) in [4.78, 5) is 46.4. The summed E-state index contributed by atoms with van der Waals surface area (Å²) in [5, 5.41) is 16.3. The Hall–Kier alpha value is -3.76. The molecule has 1 aromatic carbocycles. The predicted octanol–water partition coefficient (Wildman–Crippen LogP) is 2.02. The number of nitrogens with one attached hydrogen (secondary N) is 2. The minimum atomic E-state index is -0.900. The number of non-ortho nitro benzene ring substituents is 1. The number of nitrogens with two attached hydrogens (primary N) is 1. The number of carbonyl (C=O) groups is 2. The van der Waals surface area contributed by atoms with Gasteiger partial charge in [0.2, 0.25) is 17.8 Å². The van der Waals surface area contributed by atoms with Gasteiger partial charge in [-0.05, 0) is 25.3 Å². The summed E-state index contributed by atoms with van der Waals surface area (Å²) in [7, 11) is 0. The van der Waals surface area contributed by atoms with Gasteiger partial charge in [0.25, 0.3) is 5.69 Å². The molecule has 0 unspecified atom stereocenters. The second kappa shape index (κ2) is 7.93. The number of aromatic nitrogens is 2. The first-order valence-corrected chi connectivity index (χ1v) is 9.70. The zero-order valence-corrected chi connectivity index (χ0v) is 16.1. The SMILES string of the molecule is Nc1nc(N2CCCCC2)nc2c1[C@H](C(=O)Nc1cccc([N+](=O)[O-])c1)CC(=O)N2. The standard InChI is InChI=1S/C19H21N7O4/c20-16-15-13(18(28)21-11-5-4-6-12(9-11)26(29)30)10-14(27)22-17(15)24-19(23-16)25-7-2-1-3-8-25/h4-6,9,13H,1-3,7-8,10H2,(H,21,28)(H3,20,22,23,24,27)/t13-/m1/s1. The molecule has 1 saturated heterocycles. The summed E-state index contributed by atoms with van der Waals surface area (Å²) in [6.07, 6.45) is 3.08. The van der Waals surface area contributed by atoms with E-state index in [9.17, 15) is 19.7 Å². The topological polar surface area (TPSA) is 156 Å². The highest BCUT2D eigenvalue weighted by Gasteiger charge is 2.35. The number of amides is 2. The largest absolute Gasteiger partial charge is 0.383 e. The molecule has 11 nitrogen and oxygen atoms in total. The number of nitrogens with zero attached hydrogens (tertiary/aromatic N) is 4. The Morgan fingerprint density at radius 3 is 2.77 bits per heavy atom. The quantitative estimate of drug-likeness (QED) is 0.509. The Bertz CT molecular complexity index is 1020. The van der Waals surface area contributed by atoms with Crippen LogP contribution in [0.2, 0.25) is 0 Å². The summed E-state index contributed by atoms with van der Waals surface area (Å²) in [6.45, 7) is 1.62. The van der Waals surface area contributed by atoms with Crippen molar-refractivity contribution in [3.63, 3.8) is 0 Å². The maximum atomic E-state index is 12.9. The lowest BCUT2D eigenvalue weighted by Crippen LogP contribution is -2.35. The first kappa shape index (κ1) is 19.6. The number of piperidine rings is 1. The van der Waals surface area contributed by atoms with Crippen LogP contribution >= 0.6 is 0 Å². The third-order valence-corrected chi connectivity index (χ3v) is 5.24. The molecule has 0 radical (unpaired) electrons. The fourth-order valence-corrected chi connectivity index (χ4v) is 3.77. The average molecular weight is 411 g/mol. The van der Waals surface area contributed by atoms with Gasteiger partial charge in [-0.3, -0.25) is 19.7 Å².